The normalized spacial score (nSPS) is 12.7. The number of fused-ring (bicyclic) bond motifs is 10. The third-order valence-electron chi connectivity index (χ3n) is 14.3. The number of para-hydroxylation sites is 6. The van der Waals surface area contributed by atoms with Crippen LogP contribution in [0, 0.1) is 25.7 Å². The van der Waals surface area contributed by atoms with E-state index in [0.717, 1.165) is 94.8 Å². The molecule has 362 valence electrons. The molecule has 0 N–H and O–H groups in total. The van der Waals surface area contributed by atoms with E-state index >= 15 is 0 Å². The van der Waals surface area contributed by atoms with Crippen LogP contribution in [-0.4, -0.2) is 25.7 Å². The van der Waals surface area contributed by atoms with Gasteiger partial charge in [-0.3, -0.25) is 0 Å². The number of pyridine rings is 1. The maximum Gasteiger partial charge on any atom is 0.416 e. The Balaban J connectivity index is 0.00000528. The van der Waals surface area contributed by atoms with Crippen LogP contribution < -0.4 is 14.5 Å². The van der Waals surface area contributed by atoms with Gasteiger partial charge < -0.3 is 28.2 Å². The summed E-state index contributed by atoms with van der Waals surface area (Å²) in [5.41, 5.74) is 12.2. The number of aryl methyl sites for hydroxylation is 1. The largest absolute Gasteiger partial charge is 0.509 e. The van der Waals surface area contributed by atoms with Crippen LogP contribution in [0.3, 0.4) is 0 Å². The Kier molecular flexibility index (Phi) is 10.6. The summed E-state index contributed by atoms with van der Waals surface area (Å²) < 4.78 is 56.3. The van der Waals surface area contributed by atoms with Crippen molar-refractivity contribution in [2.75, 3.05) is 16.8 Å². The fourth-order valence-corrected chi connectivity index (χ4v) is 11.1. The molecular formula is C63H40F3N6OPt-3. The summed E-state index contributed by atoms with van der Waals surface area (Å²) in [6, 6.07) is 70.5. The molecule has 0 amide bonds. The van der Waals surface area contributed by atoms with Crippen molar-refractivity contribution in [3.8, 4) is 39.8 Å². The summed E-state index contributed by atoms with van der Waals surface area (Å²) in [5, 5.41) is 5.57. The van der Waals surface area contributed by atoms with Gasteiger partial charge in [-0.25, -0.2) is 4.98 Å². The van der Waals surface area contributed by atoms with Crippen molar-refractivity contribution < 1.29 is 39.0 Å². The number of hydrogen-bond donors (Lipinski definition) is 0. The van der Waals surface area contributed by atoms with Crippen molar-refractivity contribution in [2.24, 2.45) is 0 Å². The molecule has 11 heteroatoms. The minimum Gasteiger partial charge on any atom is -0.509 e. The van der Waals surface area contributed by atoms with Crippen molar-refractivity contribution in [1.29, 1.82) is 0 Å². The Morgan fingerprint density at radius 1 is 0.500 bits per heavy atom. The Morgan fingerprint density at radius 3 is 1.62 bits per heavy atom. The Hall–Kier alpha value is -8.59. The summed E-state index contributed by atoms with van der Waals surface area (Å²) >= 11 is 0. The molecule has 1 aliphatic rings. The molecule has 0 saturated heterocycles. The summed E-state index contributed by atoms with van der Waals surface area (Å²) in [6.07, 6.45) is -2.64. The van der Waals surface area contributed by atoms with Gasteiger partial charge in [0.1, 0.15) is 5.82 Å². The van der Waals surface area contributed by atoms with Gasteiger partial charge in [0.15, 0.2) is 0 Å². The van der Waals surface area contributed by atoms with Gasteiger partial charge >= 0.3 is 6.18 Å². The maximum atomic E-state index is 14.4. The minimum atomic E-state index is -4.55. The number of anilines is 3. The molecule has 0 bridgehead atoms. The number of aromatic nitrogens is 4. The molecule has 4 aromatic heterocycles. The zero-order valence-corrected chi connectivity index (χ0v) is 41.9. The maximum absolute atomic E-state index is 14.4. The smallest absolute Gasteiger partial charge is 0.416 e. The fourth-order valence-electron chi connectivity index (χ4n) is 11.1. The first kappa shape index (κ1) is 45.3. The standard InChI is InChI=1S/C63H40F3N6O.Pt/c1-39-33-61(72-55-32-29-40(63(64,65)66)34-49(55)48-31-30-43(36-60(48)72)73-42-16-13-15-41(35-42)69-38-68(2)56-25-11-12-26-57(56)69)67-37-50(39)62-58(70-51-21-7-3-17-44(51)45-18-4-8-22-52(45)70)27-14-28-59(62)71-53-23-9-5-19-46(53)47-20-6-10-24-54(47)71;/h3-34,37-38H,1-2H3;/q-3;. The average molecular weight is 1150 g/mol. The second-order valence-corrected chi connectivity index (χ2v) is 18.5. The summed E-state index contributed by atoms with van der Waals surface area (Å²) in [4.78, 5) is 9.37. The van der Waals surface area contributed by atoms with E-state index in [-0.39, 0.29) is 21.1 Å². The predicted molar refractivity (Wildman–Crippen MR) is 288 cm³/mol. The van der Waals surface area contributed by atoms with Crippen LogP contribution in [-0.2, 0) is 27.2 Å². The second-order valence-electron chi connectivity index (χ2n) is 18.5. The predicted octanol–water partition coefficient (Wildman–Crippen LogP) is 16.5. The molecule has 14 rings (SSSR count). The van der Waals surface area contributed by atoms with Gasteiger partial charge in [0.2, 0.25) is 0 Å². The number of halogens is 3. The monoisotopic (exact) mass is 1150 g/mol. The fraction of sp³-hybridized carbons (Fsp3) is 0.0476. The molecule has 0 atom stereocenters. The molecule has 1 aliphatic heterocycles. The molecule has 5 heterocycles. The zero-order valence-electron chi connectivity index (χ0n) is 39.7. The SMILES string of the molecule is Cc1cc(-n2c3[c-]c(Oc4[c-]c(N5[CH-]N(C)c6ccccc65)ccc4)ccc3c3cc(C(F)(F)F)ccc32)ncc1-c1c(-n2c3ccccc3c3ccccc32)cccc1-n1c2ccccc2c2ccccc21.[Pt]. The number of ether oxygens (including phenoxy) is 1. The van der Waals surface area contributed by atoms with Gasteiger partial charge in [-0.1, -0.05) is 103 Å². The minimum absolute atomic E-state index is 0. The third-order valence-corrected chi connectivity index (χ3v) is 14.3. The first-order chi connectivity index (χ1) is 35.7. The van der Waals surface area contributed by atoms with Gasteiger partial charge in [-0.05, 0) is 91.7 Å². The number of hydrogen-bond acceptors (Lipinski definition) is 4. The molecule has 13 aromatic rings. The van der Waals surface area contributed by atoms with Gasteiger partial charge in [0.05, 0.1) is 39.0 Å². The van der Waals surface area contributed by atoms with E-state index in [1.807, 2.05) is 60.9 Å². The third kappa shape index (κ3) is 7.03. The van der Waals surface area contributed by atoms with Crippen LogP contribution in [0.5, 0.6) is 11.5 Å². The summed E-state index contributed by atoms with van der Waals surface area (Å²) in [5.74, 6) is 1.34. The molecule has 0 fully saturated rings. The number of benzene rings is 9. The van der Waals surface area contributed by atoms with E-state index in [9.17, 15) is 13.2 Å². The molecule has 0 saturated carbocycles. The molecule has 0 unspecified atom stereocenters. The molecule has 74 heavy (non-hydrogen) atoms. The molecule has 0 radical (unpaired) electrons. The van der Waals surface area contributed by atoms with Crippen LogP contribution in [0.15, 0.2) is 200 Å². The van der Waals surface area contributed by atoms with Crippen molar-refractivity contribution in [3.63, 3.8) is 0 Å². The van der Waals surface area contributed by atoms with Crippen LogP contribution in [0.25, 0.3) is 93.7 Å². The molecule has 0 aliphatic carbocycles. The summed E-state index contributed by atoms with van der Waals surface area (Å²) in [7, 11) is 2.00. The van der Waals surface area contributed by atoms with E-state index in [4.69, 9.17) is 9.72 Å². The van der Waals surface area contributed by atoms with E-state index in [2.05, 4.69) is 165 Å². The Bertz CT molecular complexity index is 4160. The Labute approximate surface area is 437 Å². The zero-order chi connectivity index (χ0) is 49.1. The van der Waals surface area contributed by atoms with E-state index in [1.165, 1.54) is 12.1 Å². The number of nitrogens with zero attached hydrogens (tertiary/aromatic N) is 6. The van der Waals surface area contributed by atoms with Gasteiger partial charge in [0, 0.05) is 88.3 Å². The second kappa shape index (κ2) is 17.3. The number of rotatable bonds is 7. The van der Waals surface area contributed by atoms with Crippen molar-refractivity contribution in [3.05, 3.63) is 230 Å². The van der Waals surface area contributed by atoms with Gasteiger partial charge in [-0.2, -0.15) is 32.0 Å². The van der Waals surface area contributed by atoms with Crippen LogP contribution in [0.2, 0.25) is 0 Å². The number of alkyl halides is 3. The van der Waals surface area contributed by atoms with Gasteiger partial charge in [-0.15, -0.1) is 41.4 Å². The van der Waals surface area contributed by atoms with Crippen LogP contribution >= 0.6 is 0 Å². The topological polar surface area (TPSA) is 43.4 Å². The summed E-state index contributed by atoms with van der Waals surface area (Å²) in [6.45, 7) is 4.07. The first-order valence-corrected chi connectivity index (χ1v) is 24.0. The van der Waals surface area contributed by atoms with E-state index in [0.29, 0.717) is 39.1 Å². The quantitative estimate of drug-likeness (QED) is 0.149. The van der Waals surface area contributed by atoms with Gasteiger partial charge in [0.25, 0.3) is 0 Å². The van der Waals surface area contributed by atoms with Crippen LogP contribution in [0.4, 0.5) is 30.2 Å². The molecular weight excluding hydrogens is 1110 g/mol. The first-order valence-electron chi connectivity index (χ1n) is 24.0. The molecule has 9 aromatic carbocycles. The average Bonchev–Trinajstić information content (AvgIpc) is 4.14. The van der Waals surface area contributed by atoms with E-state index in [1.54, 1.807) is 12.1 Å². The Morgan fingerprint density at radius 2 is 1.03 bits per heavy atom. The molecule has 7 nitrogen and oxygen atoms in total. The van der Waals surface area contributed by atoms with Crippen molar-refractivity contribution >= 4 is 82.5 Å². The molecule has 0 spiro atoms. The van der Waals surface area contributed by atoms with E-state index < -0.39 is 11.7 Å². The van der Waals surface area contributed by atoms with Crippen molar-refractivity contribution in [2.45, 2.75) is 13.1 Å². The van der Waals surface area contributed by atoms with Crippen molar-refractivity contribution in [1.82, 2.24) is 18.7 Å². The van der Waals surface area contributed by atoms with Crippen LogP contribution in [0.1, 0.15) is 11.1 Å².